The van der Waals surface area contributed by atoms with Crippen molar-refractivity contribution in [1.29, 1.82) is 0 Å². The number of likely N-dealkylation sites (tertiary alicyclic amines) is 2. The number of rotatable bonds is 11. The second-order valence-corrected chi connectivity index (χ2v) is 15.4. The normalized spacial score (nSPS) is 16.5. The van der Waals surface area contributed by atoms with Gasteiger partial charge < -0.3 is 34.1 Å². The number of carbonyl (C=O) groups excluding carboxylic acids is 4. The smallest absolute Gasteiger partial charge is 0.261 e. The molecule has 0 bridgehead atoms. The Morgan fingerprint density at radius 3 is 1.48 bits per heavy atom. The van der Waals surface area contributed by atoms with Crippen LogP contribution in [0.1, 0.15) is 67.1 Å². The molecule has 2 fully saturated rings. The lowest BCUT2D eigenvalue weighted by atomic mass is 10.1. The number of halogens is 3. The van der Waals surface area contributed by atoms with Crippen LogP contribution in [0.2, 0.25) is 0 Å². The molecule has 8 rings (SSSR count). The number of piperidine rings is 2. The fraction of sp³-hybridized carbons (Fsp3) is 0.348. The Labute approximate surface area is 359 Å². The molecule has 5 heterocycles. The summed E-state index contributed by atoms with van der Waals surface area (Å²) in [6.45, 7) is 3.41. The van der Waals surface area contributed by atoms with Crippen LogP contribution in [0.5, 0.6) is 0 Å². The van der Waals surface area contributed by atoms with E-state index in [1.807, 2.05) is 73.8 Å². The number of amides is 4. The fourth-order valence-electron chi connectivity index (χ4n) is 8.18. The number of imide groups is 1. The number of benzene rings is 3. The van der Waals surface area contributed by atoms with E-state index in [4.69, 9.17) is 15.2 Å². The molecule has 322 valence electrons. The highest BCUT2D eigenvalue weighted by atomic mass is 35.5. The van der Waals surface area contributed by atoms with Crippen LogP contribution in [0.15, 0.2) is 109 Å². The molecule has 0 aliphatic carbocycles. The molecule has 3 aliphatic heterocycles. The molecule has 5 aromatic rings. The summed E-state index contributed by atoms with van der Waals surface area (Å²) in [7, 11) is 3.42. The number of hydrogen-bond donors (Lipinski definition) is 1. The zero-order chi connectivity index (χ0) is 42.3. The number of methoxy groups -OCH3 is 2. The Bertz CT molecular complexity index is 2410. The van der Waals surface area contributed by atoms with Gasteiger partial charge in [0.25, 0.3) is 23.6 Å². The van der Waals surface area contributed by atoms with E-state index in [0.29, 0.717) is 60.1 Å². The SMILES string of the molecule is COC1CCN(C(=O)c2ccc3c(ccn3C/C(=C/F)CN)c2)CC1.COC1CCN(C(=O)c2ccc3c(ccn3C/C(=C/F)CN3C(=O)c4ccccc4C3=O)c2)CC1.Cl. The lowest BCUT2D eigenvalue weighted by Gasteiger charge is -2.31. The summed E-state index contributed by atoms with van der Waals surface area (Å²) in [5, 5.41) is 1.83. The van der Waals surface area contributed by atoms with Crippen LogP contribution in [0, 0.1) is 0 Å². The standard InChI is InChI=1S/C27H26FN3O4.C19H24FN3O2.ClH/c1-35-21-9-12-29(13-10-21)25(32)20-6-7-24-19(14-20)8-11-30(24)16-18(15-28)17-31-26(33)22-4-2-3-5-23(22)27(31)34;1-25-17-5-8-22(9-6-17)19(24)16-2-3-18-15(10-16)4-7-23(18)13-14(11-20)12-21;/h2-8,11,14-15,21H,9-10,12-13,16-17H2,1H3;2-4,7,10-11,17H,5-6,8-9,12-13,21H2,1H3;1H/b18-15-;14-11+;. The number of aromatic nitrogens is 2. The highest BCUT2D eigenvalue weighted by molar-refractivity contribution is 6.21. The molecular formula is C46H51ClF2N6O6. The molecule has 0 atom stereocenters. The monoisotopic (exact) mass is 856 g/mol. The minimum atomic E-state index is -0.417. The molecule has 4 amide bonds. The molecular weight excluding hydrogens is 806 g/mol. The van der Waals surface area contributed by atoms with Gasteiger partial charge in [-0.25, -0.2) is 8.78 Å². The number of ether oxygens (including phenoxy) is 2. The van der Waals surface area contributed by atoms with Gasteiger partial charge in [-0.05, 0) is 97.5 Å². The van der Waals surface area contributed by atoms with Crippen molar-refractivity contribution in [1.82, 2.24) is 23.8 Å². The van der Waals surface area contributed by atoms with Gasteiger partial charge in [-0.1, -0.05) is 12.1 Å². The topological polar surface area (TPSA) is 132 Å². The molecule has 3 aromatic carbocycles. The van der Waals surface area contributed by atoms with Crippen molar-refractivity contribution in [3.05, 3.63) is 131 Å². The third kappa shape index (κ3) is 9.78. The first kappa shape index (κ1) is 44.9. The summed E-state index contributed by atoms with van der Waals surface area (Å²) in [5.41, 5.74) is 10.1. The first-order valence-corrected chi connectivity index (χ1v) is 20.2. The minimum absolute atomic E-state index is 0. The van der Waals surface area contributed by atoms with Crippen molar-refractivity contribution in [3.8, 4) is 0 Å². The third-order valence-electron chi connectivity index (χ3n) is 11.7. The highest BCUT2D eigenvalue weighted by Gasteiger charge is 2.35. The summed E-state index contributed by atoms with van der Waals surface area (Å²) in [5.74, 6) is -0.792. The van der Waals surface area contributed by atoms with Crippen molar-refractivity contribution in [2.75, 3.05) is 53.5 Å². The van der Waals surface area contributed by atoms with E-state index in [2.05, 4.69) is 0 Å². The average molecular weight is 857 g/mol. The largest absolute Gasteiger partial charge is 0.381 e. The summed E-state index contributed by atoms with van der Waals surface area (Å²) in [6, 6.07) is 21.6. The Hall–Kier alpha value is -5.67. The molecule has 15 heteroatoms. The van der Waals surface area contributed by atoms with Gasteiger partial charge in [0.1, 0.15) is 0 Å². The van der Waals surface area contributed by atoms with E-state index in [-0.39, 0.29) is 61.6 Å². The van der Waals surface area contributed by atoms with Crippen LogP contribution >= 0.6 is 12.4 Å². The number of nitrogens with two attached hydrogens (primary N) is 1. The van der Waals surface area contributed by atoms with Crippen molar-refractivity contribution in [3.63, 3.8) is 0 Å². The van der Waals surface area contributed by atoms with E-state index < -0.39 is 11.8 Å². The van der Waals surface area contributed by atoms with E-state index in [1.54, 1.807) is 44.6 Å². The van der Waals surface area contributed by atoms with E-state index >= 15 is 0 Å². The van der Waals surface area contributed by atoms with Gasteiger partial charge in [0.05, 0.1) is 42.5 Å². The average Bonchev–Trinajstić information content (AvgIpc) is 3.97. The maximum atomic E-state index is 13.8. The maximum Gasteiger partial charge on any atom is 0.261 e. The predicted molar refractivity (Wildman–Crippen MR) is 232 cm³/mol. The van der Waals surface area contributed by atoms with Crippen molar-refractivity contribution in [2.24, 2.45) is 5.73 Å². The quantitative estimate of drug-likeness (QED) is 0.140. The predicted octanol–water partition coefficient (Wildman–Crippen LogP) is 7.17. The molecule has 0 unspecified atom stereocenters. The van der Waals surface area contributed by atoms with E-state index in [1.165, 1.54) is 0 Å². The molecule has 2 aromatic heterocycles. The number of carbonyl (C=O) groups is 4. The number of nitrogens with zero attached hydrogens (tertiary/aromatic N) is 5. The van der Waals surface area contributed by atoms with Crippen molar-refractivity contribution < 1.29 is 37.4 Å². The summed E-state index contributed by atoms with van der Waals surface area (Å²) < 4.78 is 41.1. The van der Waals surface area contributed by atoms with Gasteiger partial charge in [-0.3, -0.25) is 24.1 Å². The molecule has 3 aliphatic rings. The van der Waals surface area contributed by atoms with Crippen LogP contribution in [0.25, 0.3) is 21.8 Å². The molecule has 2 N–H and O–H groups in total. The molecule has 12 nitrogen and oxygen atoms in total. The van der Waals surface area contributed by atoms with Gasteiger partial charge >= 0.3 is 0 Å². The number of fused-ring (bicyclic) bond motifs is 3. The van der Waals surface area contributed by atoms with Crippen LogP contribution in [-0.4, -0.2) is 113 Å². The Kier molecular flexibility index (Phi) is 14.9. The molecule has 0 saturated carbocycles. The highest BCUT2D eigenvalue weighted by Crippen LogP contribution is 2.26. The van der Waals surface area contributed by atoms with Gasteiger partial charge in [-0.2, -0.15) is 0 Å². The Balaban J connectivity index is 0.000000212. The summed E-state index contributed by atoms with van der Waals surface area (Å²) >= 11 is 0. The molecule has 61 heavy (non-hydrogen) atoms. The second-order valence-electron chi connectivity index (χ2n) is 15.4. The van der Waals surface area contributed by atoms with Gasteiger partial charge in [-0.15, -0.1) is 12.4 Å². The van der Waals surface area contributed by atoms with Crippen LogP contribution < -0.4 is 5.73 Å². The fourth-order valence-corrected chi connectivity index (χ4v) is 8.18. The van der Waals surface area contributed by atoms with Gasteiger partial charge in [0.2, 0.25) is 0 Å². The summed E-state index contributed by atoms with van der Waals surface area (Å²) in [6.07, 6.45) is 8.57. The summed E-state index contributed by atoms with van der Waals surface area (Å²) in [4.78, 5) is 55.8. The van der Waals surface area contributed by atoms with Crippen molar-refractivity contribution >= 4 is 57.8 Å². The van der Waals surface area contributed by atoms with Crippen LogP contribution in [0.3, 0.4) is 0 Å². The zero-order valence-electron chi connectivity index (χ0n) is 34.3. The Morgan fingerprint density at radius 2 is 1.08 bits per heavy atom. The Morgan fingerprint density at radius 1 is 0.656 bits per heavy atom. The molecule has 2 saturated heterocycles. The first-order valence-electron chi connectivity index (χ1n) is 20.2. The van der Waals surface area contributed by atoms with Crippen LogP contribution in [-0.2, 0) is 22.6 Å². The molecule has 0 spiro atoms. The molecule has 0 radical (unpaired) electrons. The third-order valence-corrected chi connectivity index (χ3v) is 11.7. The maximum absolute atomic E-state index is 13.8. The van der Waals surface area contributed by atoms with Gasteiger partial charge in [0, 0.05) is 105 Å². The lowest BCUT2D eigenvalue weighted by Crippen LogP contribution is -2.40. The van der Waals surface area contributed by atoms with E-state index in [0.717, 1.165) is 65.5 Å². The second kappa shape index (κ2) is 20.3. The number of hydrogen-bond acceptors (Lipinski definition) is 7. The van der Waals surface area contributed by atoms with E-state index in [9.17, 15) is 28.0 Å². The zero-order valence-corrected chi connectivity index (χ0v) is 35.1. The van der Waals surface area contributed by atoms with Gasteiger partial charge in [0.15, 0.2) is 0 Å². The lowest BCUT2D eigenvalue weighted by molar-refractivity contribution is 0.0345. The van der Waals surface area contributed by atoms with Crippen molar-refractivity contribution in [2.45, 2.75) is 51.0 Å². The van der Waals surface area contributed by atoms with Crippen LogP contribution in [0.4, 0.5) is 8.78 Å². The minimum Gasteiger partial charge on any atom is -0.381 e. The first-order chi connectivity index (χ1) is 29.2.